The highest BCUT2D eigenvalue weighted by Gasteiger charge is 2.23. The van der Waals surface area contributed by atoms with Gasteiger partial charge in [0.15, 0.2) is 5.78 Å². The van der Waals surface area contributed by atoms with E-state index in [-0.39, 0.29) is 47.0 Å². The topological polar surface area (TPSA) is 62.0 Å². The number of amides is 1. The molecule has 8 heteroatoms. The van der Waals surface area contributed by atoms with Gasteiger partial charge in [-0.25, -0.2) is 17.6 Å². The number of halogens is 4. The molecule has 0 unspecified atom stereocenters. The van der Waals surface area contributed by atoms with Crippen molar-refractivity contribution in [2.45, 2.75) is 32.6 Å². The summed E-state index contributed by atoms with van der Waals surface area (Å²) in [5.74, 6) is -3.33. The summed E-state index contributed by atoms with van der Waals surface area (Å²) >= 11 is 0. The molecule has 0 saturated carbocycles. The Morgan fingerprint density at radius 1 is 1.29 bits per heavy atom. The van der Waals surface area contributed by atoms with E-state index in [1.807, 2.05) is 0 Å². The number of fused-ring (bicyclic) bond motifs is 1. The Morgan fingerprint density at radius 2 is 1.96 bits per heavy atom. The number of H-pyrrole nitrogens is 1. The Balaban J connectivity index is 2.46. The van der Waals surface area contributed by atoms with Gasteiger partial charge in [-0.3, -0.25) is 9.59 Å². The molecular weight excluding hydrogens is 328 g/mol. The van der Waals surface area contributed by atoms with Gasteiger partial charge in [0.05, 0.1) is 5.52 Å². The van der Waals surface area contributed by atoms with E-state index in [1.165, 1.54) is 14.0 Å². The number of nitrogens with one attached hydrogen (secondary N) is 2. The lowest BCUT2D eigenvalue weighted by Gasteiger charge is -2.06. The first-order valence-electron chi connectivity index (χ1n) is 7.30. The van der Waals surface area contributed by atoms with Crippen LogP contribution in [0.15, 0.2) is 6.07 Å². The quantitative estimate of drug-likeness (QED) is 0.790. The predicted molar refractivity (Wildman–Crippen MR) is 80.3 cm³/mol. The number of aryl methyl sites for hydroxylation is 1. The molecule has 130 valence electrons. The Morgan fingerprint density at radius 3 is 2.54 bits per heavy atom. The third-order valence-corrected chi connectivity index (χ3v) is 3.86. The van der Waals surface area contributed by atoms with Crippen molar-refractivity contribution >= 4 is 22.6 Å². The highest BCUT2D eigenvalue weighted by atomic mass is 19.3. The van der Waals surface area contributed by atoms with Crippen molar-refractivity contribution < 1.29 is 27.2 Å². The van der Waals surface area contributed by atoms with Gasteiger partial charge in [0.25, 0.3) is 12.3 Å². The van der Waals surface area contributed by atoms with Crippen molar-refractivity contribution in [1.82, 2.24) is 10.3 Å². The van der Waals surface area contributed by atoms with Crippen LogP contribution in [0, 0.1) is 18.6 Å². The Hall–Kier alpha value is -2.38. The summed E-state index contributed by atoms with van der Waals surface area (Å²) in [5, 5.41) is 2.41. The number of ketones is 1. The van der Waals surface area contributed by atoms with E-state index in [0.29, 0.717) is 0 Å². The van der Waals surface area contributed by atoms with Gasteiger partial charge < -0.3 is 10.3 Å². The summed E-state index contributed by atoms with van der Waals surface area (Å²) in [5.41, 5.74) is 0.173. The predicted octanol–water partition coefficient (Wildman–Crippen LogP) is 3.27. The van der Waals surface area contributed by atoms with E-state index in [0.717, 1.165) is 6.07 Å². The number of alkyl halides is 2. The second-order valence-electron chi connectivity index (χ2n) is 5.40. The molecule has 2 rings (SSSR count). The molecule has 0 spiro atoms. The molecule has 1 aromatic carbocycles. The number of aromatic nitrogens is 1. The molecule has 0 aliphatic carbocycles. The third kappa shape index (κ3) is 3.27. The summed E-state index contributed by atoms with van der Waals surface area (Å²) in [6.45, 7) is 1.26. The molecule has 0 aliphatic rings. The van der Waals surface area contributed by atoms with Gasteiger partial charge in [-0.15, -0.1) is 0 Å². The van der Waals surface area contributed by atoms with Crippen LogP contribution in [-0.4, -0.2) is 30.1 Å². The van der Waals surface area contributed by atoms with Gasteiger partial charge in [-0.1, -0.05) is 0 Å². The van der Waals surface area contributed by atoms with Gasteiger partial charge in [0.1, 0.15) is 17.3 Å². The molecule has 0 bridgehead atoms. The lowest BCUT2D eigenvalue weighted by Crippen LogP contribution is -2.20. The number of hydrogen-bond acceptors (Lipinski definition) is 2. The van der Waals surface area contributed by atoms with Gasteiger partial charge >= 0.3 is 0 Å². The molecule has 1 heterocycles. The van der Waals surface area contributed by atoms with Crippen LogP contribution >= 0.6 is 0 Å². The van der Waals surface area contributed by atoms with Crippen LogP contribution in [0.4, 0.5) is 17.6 Å². The van der Waals surface area contributed by atoms with Crippen molar-refractivity contribution in [2.24, 2.45) is 0 Å². The van der Waals surface area contributed by atoms with Crippen LogP contribution in [0.1, 0.15) is 34.5 Å². The summed E-state index contributed by atoms with van der Waals surface area (Å²) in [7, 11) is 1.38. The fourth-order valence-corrected chi connectivity index (χ4v) is 2.56. The van der Waals surface area contributed by atoms with E-state index < -0.39 is 29.8 Å². The fraction of sp³-hybridized carbons (Fsp3) is 0.375. The van der Waals surface area contributed by atoms with Crippen LogP contribution in [0.5, 0.6) is 0 Å². The van der Waals surface area contributed by atoms with Crippen molar-refractivity contribution in [1.29, 1.82) is 0 Å². The van der Waals surface area contributed by atoms with Crippen LogP contribution in [0.3, 0.4) is 0 Å². The zero-order valence-corrected chi connectivity index (χ0v) is 13.1. The number of hydrogen-bond donors (Lipinski definition) is 2. The van der Waals surface area contributed by atoms with E-state index in [9.17, 15) is 27.2 Å². The standard InChI is InChI=1S/C16H16F4N2O2/c1-7-9(17)6-10-12(13(7)18)8(14(22-10)16(24)21-2)4-3-5-11(23)15(19)20/h6,15,22H,3-5H2,1-2H3,(H,21,24). The molecular formula is C16H16F4N2O2. The summed E-state index contributed by atoms with van der Waals surface area (Å²) in [6, 6.07) is 1.08. The molecule has 2 aromatic rings. The van der Waals surface area contributed by atoms with Crippen LogP contribution < -0.4 is 5.32 Å². The minimum Gasteiger partial charge on any atom is -0.354 e. The minimum absolute atomic E-state index is 0.0238. The average molecular weight is 344 g/mol. The largest absolute Gasteiger partial charge is 0.354 e. The number of carbonyl (C=O) groups is 2. The number of aromatic amines is 1. The Kier molecular flexibility index (Phi) is 5.26. The average Bonchev–Trinajstić information content (AvgIpc) is 2.90. The lowest BCUT2D eigenvalue weighted by molar-refractivity contribution is -0.129. The van der Waals surface area contributed by atoms with Crippen LogP contribution in [0.2, 0.25) is 0 Å². The minimum atomic E-state index is -3.06. The van der Waals surface area contributed by atoms with Crippen molar-refractivity contribution in [3.05, 3.63) is 34.5 Å². The highest BCUT2D eigenvalue weighted by molar-refractivity contribution is 6.01. The van der Waals surface area contributed by atoms with E-state index in [4.69, 9.17) is 0 Å². The van der Waals surface area contributed by atoms with E-state index in [1.54, 1.807) is 0 Å². The lowest BCUT2D eigenvalue weighted by atomic mass is 10.0. The van der Waals surface area contributed by atoms with Gasteiger partial charge in [0, 0.05) is 24.4 Å². The molecule has 4 nitrogen and oxygen atoms in total. The zero-order valence-electron chi connectivity index (χ0n) is 13.1. The molecule has 1 amide bonds. The smallest absolute Gasteiger partial charge is 0.295 e. The second-order valence-corrected chi connectivity index (χ2v) is 5.40. The number of carbonyl (C=O) groups excluding carboxylic acids is 2. The van der Waals surface area contributed by atoms with Gasteiger partial charge in [-0.05, 0) is 31.4 Å². The molecule has 2 N–H and O–H groups in total. The first-order chi connectivity index (χ1) is 11.3. The maximum absolute atomic E-state index is 14.4. The van der Waals surface area contributed by atoms with Crippen LogP contribution in [0.25, 0.3) is 10.9 Å². The normalized spacial score (nSPS) is 11.3. The molecule has 0 fully saturated rings. The van der Waals surface area contributed by atoms with E-state index >= 15 is 0 Å². The monoisotopic (exact) mass is 344 g/mol. The second kappa shape index (κ2) is 7.02. The third-order valence-electron chi connectivity index (χ3n) is 3.86. The molecule has 0 saturated heterocycles. The molecule has 0 aliphatic heterocycles. The number of Topliss-reactive ketones (excluding diaryl/α,β-unsaturated/α-hetero) is 1. The maximum Gasteiger partial charge on any atom is 0.295 e. The van der Waals surface area contributed by atoms with Crippen molar-refractivity contribution in [3.8, 4) is 0 Å². The highest BCUT2D eigenvalue weighted by Crippen LogP contribution is 2.30. The van der Waals surface area contributed by atoms with Crippen molar-refractivity contribution in [2.75, 3.05) is 7.05 Å². The number of benzene rings is 1. The molecule has 24 heavy (non-hydrogen) atoms. The first-order valence-corrected chi connectivity index (χ1v) is 7.30. The molecule has 0 atom stereocenters. The van der Waals surface area contributed by atoms with Gasteiger partial charge in [-0.2, -0.15) is 0 Å². The maximum atomic E-state index is 14.4. The number of rotatable bonds is 6. The van der Waals surface area contributed by atoms with Crippen LogP contribution in [-0.2, 0) is 11.2 Å². The Bertz CT molecular complexity index is 799. The van der Waals surface area contributed by atoms with Crippen molar-refractivity contribution in [3.63, 3.8) is 0 Å². The SMILES string of the molecule is CNC(=O)c1[nH]c2cc(F)c(C)c(F)c2c1CCCC(=O)C(F)F. The zero-order chi connectivity index (χ0) is 18.0. The Labute approximate surface area is 135 Å². The summed E-state index contributed by atoms with van der Waals surface area (Å²) in [4.78, 5) is 25.6. The first kappa shape index (κ1) is 18.0. The fourth-order valence-electron chi connectivity index (χ4n) is 2.56. The van der Waals surface area contributed by atoms with E-state index in [2.05, 4.69) is 10.3 Å². The molecule has 0 radical (unpaired) electrons. The summed E-state index contributed by atoms with van der Waals surface area (Å²) in [6.07, 6.45) is -3.39. The summed E-state index contributed by atoms with van der Waals surface area (Å²) < 4.78 is 52.6. The molecule has 1 aromatic heterocycles. The van der Waals surface area contributed by atoms with Gasteiger partial charge in [0.2, 0.25) is 0 Å².